The Bertz CT molecular complexity index is 457. The van der Waals surface area contributed by atoms with Crippen LogP contribution in [-0.4, -0.2) is 56.1 Å². The van der Waals surface area contributed by atoms with E-state index in [0.29, 0.717) is 12.2 Å². The number of phenolic OH excluding ortho intramolecular Hbond substituents is 1. The van der Waals surface area contributed by atoms with Gasteiger partial charge in [-0.3, -0.25) is 9.59 Å². The van der Waals surface area contributed by atoms with Gasteiger partial charge in [0.1, 0.15) is 5.75 Å². The molecule has 6 nitrogen and oxygen atoms in total. The van der Waals surface area contributed by atoms with E-state index < -0.39 is 11.8 Å². The van der Waals surface area contributed by atoms with E-state index in [9.17, 15) is 14.7 Å². The summed E-state index contributed by atoms with van der Waals surface area (Å²) >= 11 is 0. The van der Waals surface area contributed by atoms with Crippen LogP contribution in [0.2, 0.25) is 0 Å². The summed E-state index contributed by atoms with van der Waals surface area (Å²) in [5.74, 6) is -1.14. The molecular formula is C14H21N3O3. The number of aromatic hydroxyl groups is 1. The van der Waals surface area contributed by atoms with Crippen molar-refractivity contribution in [3.63, 3.8) is 0 Å². The van der Waals surface area contributed by atoms with E-state index in [0.717, 1.165) is 13.0 Å². The Morgan fingerprint density at radius 3 is 2.30 bits per heavy atom. The lowest BCUT2D eigenvalue weighted by molar-refractivity contribution is -0.137. The van der Waals surface area contributed by atoms with Gasteiger partial charge in [0.2, 0.25) is 0 Å². The number of benzene rings is 1. The van der Waals surface area contributed by atoms with Crippen LogP contribution in [0.5, 0.6) is 5.75 Å². The summed E-state index contributed by atoms with van der Waals surface area (Å²) in [5, 5.41) is 11.8. The van der Waals surface area contributed by atoms with E-state index in [2.05, 4.69) is 5.32 Å². The minimum absolute atomic E-state index is 0.114. The van der Waals surface area contributed by atoms with Gasteiger partial charge in [-0.2, -0.15) is 0 Å². The molecule has 110 valence electrons. The topological polar surface area (TPSA) is 72.9 Å². The third-order valence-electron chi connectivity index (χ3n) is 2.80. The molecule has 0 saturated carbocycles. The first-order valence-corrected chi connectivity index (χ1v) is 6.41. The van der Waals surface area contributed by atoms with Crippen molar-refractivity contribution in [2.75, 3.05) is 39.1 Å². The van der Waals surface area contributed by atoms with E-state index in [1.165, 1.54) is 24.1 Å². The van der Waals surface area contributed by atoms with Gasteiger partial charge in [0, 0.05) is 19.3 Å². The molecule has 0 spiro atoms. The summed E-state index contributed by atoms with van der Waals surface area (Å²) in [7, 11) is 5.42. The molecule has 0 heterocycles. The molecule has 0 aliphatic rings. The normalized spacial score (nSPS) is 10.4. The first-order chi connectivity index (χ1) is 9.41. The van der Waals surface area contributed by atoms with Gasteiger partial charge in [-0.05, 0) is 51.3 Å². The van der Waals surface area contributed by atoms with Crippen LogP contribution in [-0.2, 0) is 9.59 Å². The molecule has 0 bridgehead atoms. The third-order valence-corrected chi connectivity index (χ3v) is 2.80. The van der Waals surface area contributed by atoms with Gasteiger partial charge >= 0.3 is 11.8 Å². The highest BCUT2D eigenvalue weighted by atomic mass is 16.3. The number of phenols is 1. The highest BCUT2D eigenvalue weighted by Gasteiger charge is 2.19. The minimum Gasteiger partial charge on any atom is -0.508 e. The lowest BCUT2D eigenvalue weighted by Gasteiger charge is -2.17. The van der Waals surface area contributed by atoms with Crippen molar-refractivity contribution in [1.29, 1.82) is 0 Å². The molecule has 0 saturated heterocycles. The lowest BCUT2D eigenvalue weighted by Crippen LogP contribution is -2.41. The van der Waals surface area contributed by atoms with Crippen LogP contribution >= 0.6 is 0 Å². The standard InChI is InChI=1S/C14H21N3O3/c1-16(2)10-4-9-15-13(19)14(20)17(3)11-5-7-12(18)8-6-11/h5-8,18H,4,9-10H2,1-3H3,(H,15,19). The summed E-state index contributed by atoms with van der Waals surface area (Å²) in [6, 6.07) is 6.08. The summed E-state index contributed by atoms with van der Waals surface area (Å²) in [5.41, 5.74) is 0.552. The number of hydrogen-bond acceptors (Lipinski definition) is 4. The van der Waals surface area contributed by atoms with Crippen molar-refractivity contribution in [1.82, 2.24) is 10.2 Å². The number of carbonyl (C=O) groups excluding carboxylic acids is 2. The smallest absolute Gasteiger partial charge is 0.316 e. The van der Waals surface area contributed by atoms with Crippen LogP contribution in [0.15, 0.2) is 24.3 Å². The predicted octanol–water partition coefficient (Wildman–Crippen LogP) is 0.423. The van der Waals surface area contributed by atoms with Crippen molar-refractivity contribution in [2.24, 2.45) is 0 Å². The predicted molar refractivity (Wildman–Crippen MR) is 77.7 cm³/mol. The Morgan fingerprint density at radius 1 is 1.15 bits per heavy atom. The molecular weight excluding hydrogens is 258 g/mol. The number of hydrogen-bond donors (Lipinski definition) is 2. The maximum Gasteiger partial charge on any atom is 0.316 e. The van der Waals surface area contributed by atoms with Gasteiger partial charge in [0.15, 0.2) is 0 Å². The fourth-order valence-corrected chi connectivity index (χ4v) is 1.62. The number of amides is 2. The van der Waals surface area contributed by atoms with Gasteiger partial charge in [0.25, 0.3) is 0 Å². The van der Waals surface area contributed by atoms with Crippen molar-refractivity contribution < 1.29 is 14.7 Å². The molecule has 0 fully saturated rings. The van der Waals surface area contributed by atoms with Crippen LogP contribution in [0, 0.1) is 0 Å². The number of rotatable bonds is 5. The van der Waals surface area contributed by atoms with Gasteiger partial charge < -0.3 is 20.2 Å². The SMILES string of the molecule is CN(C)CCCNC(=O)C(=O)N(C)c1ccc(O)cc1. The van der Waals surface area contributed by atoms with Crippen molar-refractivity contribution >= 4 is 17.5 Å². The zero-order chi connectivity index (χ0) is 15.1. The van der Waals surface area contributed by atoms with Crippen LogP contribution in [0.25, 0.3) is 0 Å². The van der Waals surface area contributed by atoms with E-state index in [1.54, 1.807) is 12.1 Å². The molecule has 1 aromatic carbocycles. The van der Waals surface area contributed by atoms with Gasteiger partial charge in [-0.15, -0.1) is 0 Å². The summed E-state index contributed by atoms with van der Waals surface area (Å²) in [6.07, 6.45) is 0.787. The fourth-order valence-electron chi connectivity index (χ4n) is 1.62. The molecule has 2 N–H and O–H groups in total. The zero-order valence-corrected chi connectivity index (χ0v) is 12.1. The van der Waals surface area contributed by atoms with Crippen LogP contribution < -0.4 is 10.2 Å². The number of nitrogens with one attached hydrogen (secondary N) is 1. The van der Waals surface area contributed by atoms with Crippen molar-refractivity contribution in [3.05, 3.63) is 24.3 Å². The second kappa shape index (κ2) is 7.49. The molecule has 20 heavy (non-hydrogen) atoms. The molecule has 0 radical (unpaired) electrons. The van der Waals surface area contributed by atoms with Gasteiger partial charge in [-0.1, -0.05) is 0 Å². The zero-order valence-electron chi connectivity index (χ0n) is 12.1. The number of likely N-dealkylation sites (N-methyl/N-ethyl adjacent to an activating group) is 1. The summed E-state index contributed by atoms with van der Waals surface area (Å²) in [4.78, 5) is 26.9. The Labute approximate surface area is 119 Å². The average molecular weight is 279 g/mol. The molecule has 0 aliphatic heterocycles. The maximum atomic E-state index is 11.9. The first-order valence-electron chi connectivity index (χ1n) is 6.41. The van der Waals surface area contributed by atoms with Crippen LogP contribution in [0.4, 0.5) is 5.69 Å². The van der Waals surface area contributed by atoms with Crippen molar-refractivity contribution in [3.8, 4) is 5.75 Å². The Balaban J connectivity index is 2.47. The largest absolute Gasteiger partial charge is 0.508 e. The van der Waals surface area contributed by atoms with Gasteiger partial charge in [0.05, 0.1) is 0 Å². The van der Waals surface area contributed by atoms with Crippen LogP contribution in [0.3, 0.4) is 0 Å². The molecule has 1 rings (SSSR count). The molecule has 1 aromatic rings. The van der Waals surface area contributed by atoms with E-state index in [-0.39, 0.29) is 5.75 Å². The minimum atomic E-state index is -0.626. The van der Waals surface area contributed by atoms with E-state index >= 15 is 0 Å². The lowest BCUT2D eigenvalue weighted by atomic mass is 10.2. The summed E-state index contributed by atoms with van der Waals surface area (Å²) < 4.78 is 0. The number of carbonyl (C=O) groups is 2. The van der Waals surface area contributed by atoms with E-state index in [4.69, 9.17) is 0 Å². The first kappa shape index (κ1) is 16.0. The summed E-state index contributed by atoms with van der Waals surface area (Å²) in [6.45, 7) is 1.31. The quantitative estimate of drug-likeness (QED) is 0.605. The monoisotopic (exact) mass is 279 g/mol. The number of anilines is 1. The average Bonchev–Trinajstić information content (AvgIpc) is 2.42. The molecule has 2 amide bonds. The van der Waals surface area contributed by atoms with Crippen molar-refractivity contribution in [2.45, 2.75) is 6.42 Å². The van der Waals surface area contributed by atoms with Crippen LogP contribution in [0.1, 0.15) is 6.42 Å². The Morgan fingerprint density at radius 2 is 1.75 bits per heavy atom. The molecule has 0 aromatic heterocycles. The Hall–Kier alpha value is -2.08. The second-order valence-electron chi connectivity index (χ2n) is 4.79. The Kier molecular flexibility index (Phi) is 5.99. The fraction of sp³-hybridized carbons (Fsp3) is 0.429. The molecule has 0 aliphatic carbocycles. The maximum absolute atomic E-state index is 11.9. The highest BCUT2D eigenvalue weighted by Crippen LogP contribution is 2.17. The van der Waals surface area contributed by atoms with Gasteiger partial charge in [-0.25, -0.2) is 0 Å². The van der Waals surface area contributed by atoms with E-state index in [1.807, 2.05) is 19.0 Å². The molecule has 6 heteroatoms. The number of nitrogens with zero attached hydrogens (tertiary/aromatic N) is 2. The highest BCUT2D eigenvalue weighted by molar-refractivity contribution is 6.40. The third kappa shape index (κ3) is 4.89. The molecule has 0 atom stereocenters. The second-order valence-corrected chi connectivity index (χ2v) is 4.79. The molecule has 0 unspecified atom stereocenters.